The fourth-order valence-corrected chi connectivity index (χ4v) is 2.12. The van der Waals surface area contributed by atoms with Gasteiger partial charge in [0.15, 0.2) is 0 Å². The molecule has 0 spiro atoms. The summed E-state index contributed by atoms with van der Waals surface area (Å²) in [7, 11) is 1.67. The van der Waals surface area contributed by atoms with Crippen LogP contribution in [0.1, 0.15) is 12.5 Å². The lowest BCUT2D eigenvalue weighted by Gasteiger charge is -2.10. The van der Waals surface area contributed by atoms with Gasteiger partial charge in [0.05, 0.1) is 13.7 Å². The molecule has 78 valence electrons. The van der Waals surface area contributed by atoms with Crippen molar-refractivity contribution < 1.29 is 9.84 Å². The minimum Gasteiger partial charge on any atom is -0.496 e. The molecule has 14 heavy (non-hydrogen) atoms. The highest BCUT2D eigenvalue weighted by Crippen LogP contribution is 2.27. The summed E-state index contributed by atoms with van der Waals surface area (Å²) in [5.74, 6) is 0.908. The molecule has 0 amide bonds. The molecular weight excluding hydrogens is 196 g/mol. The fourth-order valence-electron chi connectivity index (χ4n) is 1.19. The molecule has 0 saturated carbocycles. The Balaban J connectivity index is 2.76. The normalized spacial score (nSPS) is 12.6. The molecule has 0 aliphatic heterocycles. The highest BCUT2D eigenvalue weighted by molar-refractivity contribution is 8.00. The van der Waals surface area contributed by atoms with Crippen molar-refractivity contribution in [1.82, 2.24) is 0 Å². The van der Waals surface area contributed by atoms with Crippen LogP contribution < -0.4 is 4.74 Å². The van der Waals surface area contributed by atoms with Crippen LogP contribution in [-0.4, -0.2) is 24.1 Å². The molecule has 0 heterocycles. The van der Waals surface area contributed by atoms with Gasteiger partial charge >= 0.3 is 0 Å². The first kappa shape index (κ1) is 11.4. The van der Waals surface area contributed by atoms with E-state index in [1.54, 1.807) is 18.9 Å². The number of ether oxygens (including phenoxy) is 1. The highest BCUT2D eigenvalue weighted by atomic mass is 32.2. The summed E-state index contributed by atoms with van der Waals surface area (Å²) in [6.45, 7) is 4.23. The molecule has 1 rings (SSSR count). The van der Waals surface area contributed by atoms with Gasteiger partial charge in [-0.1, -0.05) is 6.92 Å². The molecule has 0 fully saturated rings. The van der Waals surface area contributed by atoms with Crippen molar-refractivity contribution in [3.05, 3.63) is 23.8 Å². The Bertz CT molecular complexity index is 299. The number of hydrogen-bond donors (Lipinski definition) is 1. The molecule has 1 aromatic carbocycles. The number of benzene rings is 1. The first-order valence-corrected chi connectivity index (χ1v) is 5.47. The Morgan fingerprint density at radius 3 is 2.71 bits per heavy atom. The van der Waals surface area contributed by atoms with Gasteiger partial charge < -0.3 is 9.84 Å². The van der Waals surface area contributed by atoms with Gasteiger partial charge in [-0.15, -0.1) is 11.8 Å². The van der Waals surface area contributed by atoms with Crippen LogP contribution in [0.25, 0.3) is 0 Å². The predicted molar refractivity (Wildman–Crippen MR) is 60.1 cm³/mol. The molecule has 0 saturated heterocycles. The Labute approximate surface area is 89.3 Å². The van der Waals surface area contributed by atoms with Crippen LogP contribution in [0.2, 0.25) is 0 Å². The molecule has 0 aliphatic rings. The fraction of sp³-hybridized carbons (Fsp3) is 0.455. The average Bonchev–Trinajstić information content (AvgIpc) is 2.18. The number of aliphatic hydroxyl groups excluding tert-OH is 1. The third kappa shape index (κ3) is 2.93. The third-order valence-corrected chi connectivity index (χ3v) is 3.04. The van der Waals surface area contributed by atoms with E-state index in [1.165, 1.54) is 4.90 Å². The maximum Gasteiger partial charge on any atom is 0.121 e. The molecule has 0 aromatic heterocycles. The lowest BCUT2D eigenvalue weighted by atomic mass is 10.2. The number of thioether (sulfide) groups is 1. The molecule has 3 heteroatoms. The summed E-state index contributed by atoms with van der Waals surface area (Å²) in [4.78, 5) is 1.17. The number of hydrogen-bond acceptors (Lipinski definition) is 3. The van der Waals surface area contributed by atoms with E-state index in [4.69, 9.17) is 9.84 Å². The van der Waals surface area contributed by atoms with Gasteiger partial charge in [0.2, 0.25) is 0 Å². The van der Waals surface area contributed by atoms with Crippen molar-refractivity contribution in [3.63, 3.8) is 0 Å². The van der Waals surface area contributed by atoms with Crippen molar-refractivity contribution in [2.45, 2.75) is 24.0 Å². The van der Waals surface area contributed by atoms with E-state index in [0.717, 1.165) is 11.3 Å². The number of rotatable bonds is 4. The van der Waals surface area contributed by atoms with Crippen LogP contribution >= 0.6 is 11.8 Å². The number of aryl methyl sites for hydroxylation is 1. The van der Waals surface area contributed by atoms with Crippen LogP contribution in [0.15, 0.2) is 23.1 Å². The standard InChI is InChI=1S/C11H16O2S/c1-8-6-10(14-9(2)7-12)4-5-11(8)13-3/h4-6,9,12H,7H2,1-3H3. The maximum atomic E-state index is 8.92. The topological polar surface area (TPSA) is 29.5 Å². The molecule has 0 aliphatic carbocycles. The van der Waals surface area contributed by atoms with Crippen LogP contribution in [0, 0.1) is 6.92 Å². The summed E-state index contributed by atoms with van der Waals surface area (Å²) in [5, 5.41) is 9.16. The van der Waals surface area contributed by atoms with Crippen LogP contribution in [0.5, 0.6) is 5.75 Å². The molecule has 0 radical (unpaired) electrons. The second-order valence-electron chi connectivity index (χ2n) is 3.24. The van der Waals surface area contributed by atoms with Gasteiger partial charge in [0, 0.05) is 10.1 Å². The average molecular weight is 212 g/mol. The molecule has 1 atom stereocenters. The lowest BCUT2D eigenvalue weighted by molar-refractivity contribution is 0.300. The number of methoxy groups -OCH3 is 1. The monoisotopic (exact) mass is 212 g/mol. The number of aliphatic hydroxyl groups is 1. The van der Waals surface area contributed by atoms with E-state index in [0.29, 0.717) is 0 Å². The zero-order chi connectivity index (χ0) is 10.6. The molecular formula is C11H16O2S. The first-order valence-electron chi connectivity index (χ1n) is 4.59. The van der Waals surface area contributed by atoms with Gasteiger partial charge in [-0.05, 0) is 30.7 Å². The van der Waals surface area contributed by atoms with Gasteiger partial charge in [0.1, 0.15) is 5.75 Å². The second kappa shape index (κ2) is 5.27. The van der Waals surface area contributed by atoms with Gasteiger partial charge in [-0.25, -0.2) is 0 Å². The second-order valence-corrected chi connectivity index (χ2v) is 4.75. The molecule has 2 nitrogen and oxygen atoms in total. The predicted octanol–water partition coefficient (Wildman–Crippen LogP) is 2.48. The Hall–Kier alpha value is -0.670. The van der Waals surface area contributed by atoms with Crippen molar-refractivity contribution in [3.8, 4) is 5.75 Å². The molecule has 1 aromatic rings. The van der Waals surface area contributed by atoms with Crippen LogP contribution in [-0.2, 0) is 0 Å². The van der Waals surface area contributed by atoms with Crippen molar-refractivity contribution in [2.75, 3.05) is 13.7 Å². The first-order chi connectivity index (χ1) is 6.67. The van der Waals surface area contributed by atoms with Crippen LogP contribution in [0.4, 0.5) is 0 Å². The molecule has 1 unspecified atom stereocenters. The SMILES string of the molecule is COc1ccc(SC(C)CO)cc1C. The van der Waals surface area contributed by atoms with Gasteiger partial charge in [-0.3, -0.25) is 0 Å². The minimum atomic E-state index is 0.204. The smallest absolute Gasteiger partial charge is 0.121 e. The van der Waals surface area contributed by atoms with Crippen molar-refractivity contribution >= 4 is 11.8 Å². The Morgan fingerprint density at radius 1 is 1.50 bits per heavy atom. The van der Waals surface area contributed by atoms with Crippen LogP contribution in [0.3, 0.4) is 0 Å². The van der Waals surface area contributed by atoms with E-state index >= 15 is 0 Å². The summed E-state index contributed by atoms with van der Waals surface area (Å²) in [6.07, 6.45) is 0. The summed E-state index contributed by atoms with van der Waals surface area (Å²) in [5.41, 5.74) is 1.13. The maximum absolute atomic E-state index is 8.92. The van der Waals surface area contributed by atoms with E-state index < -0.39 is 0 Å². The van der Waals surface area contributed by atoms with E-state index in [1.807, 2.05) is 26.0 Å². The zero-order valence-electron chi connectivity index (χ0n) is 8.78. The Morgan fingerprint density at radius 2 is 2.21 bits per heavy atom. The minimum absolute atomic E-state index is 0.204. The van der Waals surface area contributed by atoms with Crippen molar-refractivity contribution in [2.24, 2.45) is 0 Å². The molecule has 0 bridgehead atoms. The highest BCUT2D eigenvalue weighted by Gasteiger charge is 2.04. The Kier molecular flexibility index (Phi) is 4.29. The van der Waals surface area contributed by atoms with E-state index in [9.17, 15) is 0 Å². The summed E-state index contributed by atoms with van der Waals surface area (Å²) in [6, 6.07) is 6.06. The lowest BCUT2D eigenvalue weighted by Crippen LogP contribution is -2.01. The van der Waals surface area contributed by atoms with E-state index in [-0.39, 0.29) is 11.9 Å². The summed E-state index contributed by atoms with van der Waals surface area (Å²) >= 11 is 1.67. The third-order valence-electron chi connectivity index (χ3n) is 1.96. The van der Waals surface area contributed by atoms with Gasteiger partial charge in [0.25, 0.3) is 0 Å². The van der Waals surface area contributed by atoms with Crippen molar-refractivity contribution in [1.29, 1.82) is 0 Å². The quantitative estimate of drug-likeness (QED) is 0.777. The van der Waals surface area contributed by atoms with Gasteiger partial charge in [-0.2, -0.15) is 0 Å². The largest absolute Gasteiger partial charge is 0.496 e. The van der Waals surface area contributed by atoms with E-state index in [2.05, 4.69) is 6.07 Å². The molecule has 1 N–H and O–H groups in total. The zero-order valence-corrected chi connectivity index (χ0v) is 9.60. The summed E-state index contributed by atoms with van der Waals surface area (Å²) < 4.78 is 5.17.